The van der Waals surface area contributed by atoms with Crippen LogP contribution in [0.2, 0.25) is 5.02 Å². The summed E-state index contributed by atoms with van der Waals surface area (Å²) in [6.45, 7) is 0. The van der Waals surface area contributed by atoms with E-state index in [-0.39, 0.29) is 11.5 Å². The number of rotatable bonds is 2. The molecule has 2 aromatic carbocycles. The van der Waals surface area contributed by atoms with E-state index in [2.05, 4.69) is 5.32 Å². The average Bonchev–Trinajstić information content (AvgIpc) is 2.46. The standard InChI is InChI=1S/C16H13ClFNO2/c17-11-4-1-9(2-5-11)16(21)12-7-10-3-6-15(20)19-14(10)8-13(12)18/h1-2,4-5,7-8,16,21H,3,6H2,(H,19,20). The van der Waals surface area contributed by atoms with Crippen LogP contribution in [0, 0.1) is 5.82 Å². The molecule has 3 rings (SSSR count). The third-order valence-corrected chi connectivity index (χ3v) is 3.85. The average molecular weight is 306 g/mol. The molecule has 1 atom stereocenters. The van der Waals surface area contributed by atoms with Gasteiger partial charge in [0.15, 0.2) is 0 Å². The molecule has 0 aromatic heterocycles. The molecule has 1 heterocycles. The molecule has 0 aliphatic carbocycles. The Balaban J connectivity index is 1.98. The lowest BCUT2D eigenvalue weighted by Crippen LogP contribution is -2.20. The Bertz CT molecular complexity index is 700. The lowest BCUT2D eigenvalue weighted by Gasteiger charge is -2.20. The first-order valence-corrected chi connectivity index (χ1v) is 6.98. The molecule has 2 aromatic rings. The van der Waals surface area contributed by atoms with Gasteiger partial charge in [-0.2, -0.15) is 0 Å². The van der Waals surface area contributed by atoms with Crippen molar-refractivity contribution < 1.29 is 14.3 Å². The number of aliphatic hydroxyl groups is 1. The largest absolute Gasteiger partial charge is 0.384 e. The van der Waals surface area contributed by atoms with Gasteiger partial charge in [-0.15, -0.1) is 0 Å². The molecular formula is C16H13ClFNO2. The van der Waals surface area contributed by atoms with Crippen molar-refractivity contribution in [3.8, 4) is 0 Å². The number of anilines is 1. The van der Waals surface area contributed by atoms with Crippen LogP contribution in [0.4, 0.5) is 10.1 Å². The number of carbonyl (C=O) groups is 1. The Morgan fingerprint density at radius 1 is 1.19 bits per heavy atom. The molecule has 3 nitrogen and oxygen atoms in total. The molecule has 108 valence electrons. The predicted octanol–water partition coefficient (Wildman–Crippen LogP) is 3.45. The maximum absolute atomic E-state index is 14.2. The number of halogens is 2. The van der Waals surface area contributed by atoms with Gasteiger partial charge in [0.05, 0.1) is 0 Å². The summed E-state index contributed by atoms with van der Waals surface area (Å²) in [5.74, 6) is -0.661. The number of hydrogen-bond acceptors (Lipinski definition) is 2. The van der Waals surface area contributed by atoms with Crippen LogP contribution in [0.1, 0.15) is 29.2 Å². The summed E-state index contributed by atoms with van der Waals surface area (Å²) in [7, 11) is 0. The highest BCUT2D eigenvalue weighted by Gasteiger charge is 2.21. The molecule has 1 unspecified atom stereocenters. The fourth-order valence-electron chi connectivity index (χ4n) is 2.46. The zero-order chi connectivity index (χ0) is 15.0. The number of hydrogen-bond donors (Lipinski definition) is 2. The van der Waals surface area contributed by atoms with E-state index in [0.29, 0.717) is 29.1 Å². The zero-order valence-electron chi connectivity index (χ0n) is 11.1. The van der Waals surface area contributed by atoms with Crippen LogP contribution in [-0.2, 0) is 11.2 Å². The van der Waals surface area contributed by atoms with Crippen LogP contribution in [-0.4, -0.2) is 11.0 Å². The number of amides is 1. The van der Waals surface area contributed by atoms with Crippen molar-refractivity contribution >= 4 is 23.2 Å². The van der Waals surface area contributed by atoms with Crippen LogP contribution in [0.15, 0.2) is 36.4 Å². The van der Waals surface area contributed by atoms with Crippen LogP contribution in [0.3, 0.4) is 0 Å². The van der Waals surface area contributed by atoms with Gasteiger partial charge in [0.2, 0.25) is 5.91 Å². The highest BCUT2D eigenvalue weighted by atomic mass is 35.5. The van der Waals surface area contributed by atoms with Crippen molar-refractivity contribution in [3.63, 3.8) is 0 Å². The second-order valence-electron chi connectivity index (χ2n) is 5.03. The minimum atomic E-state index is -1.06. The Morgan fingerprint density at radius 3 is 2.62 bits per heavy atom. The van der Waals surface area contributed by atoms with Gasteiger partial charge in [-0.25, -0.2) is 4.39 Å². The number of aryl methyl sites for hydroxylation is 1. The van der Waals surface area contributed by atoms with Crippen LogP contribution in [0.5, 0.6) is 0 Å². The topological polar surface area (TPSA) is 49.3 Å². The van der Waals surface area contributed by atoms with Gasteiger partial charge in [0.1, 0.15) is 11.9 Å². The molecule has 2 N–H and O–H groups in total. The number of nitrogens with one attached hydrogen (secondary N) is 1. The molecule has 0 bridgehead atoms. The van der Waals surface area contributed by atoms with Crippen molar-refractivity contribution in [2.24, 2.45) is 0 Å². The Hall–Kier alpha value is -1.91. The lowest BCUT2D eigenvalue weighted by molar-refractivity contribution is -0.116. The minimum Gasteiger partial charge on any atom is -0.384 e. The Kier molecular flexibility index (Phi) is 3.66. The minimum absolute atomic E-state index is 0.118. The summed E-state index contributed by atoms with van der Waals surface area (Å²) in [5.41, 5.74) is 2.08. The van der Waals surface area contributed by atoms with Crippen molar-refractivity contribution in [1.29, 1.82) is 0 Å². The van der Waals surface area contributed by atoms with E-state index < -0.39 is 11.9 Å². The highest BCUT2D eigenvalue weighted by Crippen LogP contribution is 2.31. The summed E-state index contributed by atoms with van der Waals surface area (Å²) < 4.78 is 14.2. The molecule has 1 aliphatic heterocycles. The van der Waals surface area contributed by atoms with Gasteiger partial charge in [0.25, 0.3) is 0 Å². The van der Waals surface area contributed by atoms with E-state index in [4.69, 9.17) is 11.6 Å². The van der Waals surface area contributed by atoms with Crippen LogP contribution >= 0.6 is 11.6 Å². The molecular weight excluding hydrogens is 293 g/mol. The maximum atomic E-state index is 14.2. The summed E-state index contributed by atoms with van der Waals surface area (Å²) >= 11 is 5.81. The number of fused-ring (bicyclic) bond motifs is 1. The summed E-state index contributed by atoms with van der Waals surface area (Å²) in [4.78, 5) is 11.3. The van der Waals surface area contributed by atoms with E-state index in [9.17, 15) is 14.3 Å². The summed E-state index contributed by atoms with van der Waals surface area (Å²) in [5, 5.41) is 13.5. The van der Waals surface area contributed by atoms with Gasteiger partial charge >= 0.3 is 0 Å². The fourth-order valence-corrected chi connectivity index (χ4v) is 2.58. The van der Waals surface area contributed by atoms with Crippen LogP contribution in [0.25, 0.3) is 0 Å². The molecule has 0 fully saturated rings. The van der Waals surface area contributed by atoms with Gasteiger partial charge < -0.3 is 10.4 Å². The molecule has 0 radical (unpaired) electrons. The zero-order valence-corrected chi connectivity index (χ0v) is 11.8. The van der Waals surface area contributed by atoms with Crippen molar-refractivity contribution in [2.75, 3.05) is 5.32 Å². The molecule has 21 heavy (non-hydrogen) atoms. The van der Waals surface area contributed by atoms with Crippen molar-refractivity contribution in [1.82, 2.24) is 0 Å². The van der Waals surface area contributed by atoms with Gasteiger partial charge in [-0.1, -0.05) is 23.7 Å². The van der Waals surface area contributed by atoms with Gasteiger partial charge in [0, 0.05) is 22.7 Å². The maximum Gasteiger partial charge on any atom is 0.224 e. The highest BCUT2D eigenvalue weighted by molar-refractivity contribution is 6.30. The van der Waals surface area contributed by atoms with E-state index >= 15 is 0 Å². The van der Waals surface area contributed by atoms with Crippen molar-refractivity contribution in [3.05, 3.63) is 63.9 Å². The van der Waals surface area contributed by atoms with E-state index in [1.807, 2.05) is 0 Å². The quantitative estimate of drug-likeness (QED) is 0.893. The van der Waals surface area contributed by atoms with E-state index in [1.165, 1.54) is 6.07 Å². The molecule has 5 heteroatoms. The van der Waals surface area contributed by atoms with Gasteiger partial charge in [-0.05, 0) is 41.8 Å². The summed E-state index contributed by atoms with van der Waals surface area (Å²) in [6, 6.07) is 9.50. The first kappa shape index (κ1) is 14.0. The molecule has 1 aliphatic rings. The third-order valence-electron chi connectivity index (χ3n) is 3.60. The predicted molar refractivity (Wildman–Crippen MR) is 78.9 cm³/mol. The smallest absolute Gasteiger partial charge is 0.224 e. The molecule has 1 amide bonds. The first-order chi connectivity index (χ1) is 10.0. The SMILES string of the molecule is O=C1CCc2cc(C(O)c3ccc(Cl)cc3)c(F)cc2N1. The fraction of sp³-hybridized carbons (Fsp3) is 0.188. The van der Waals surface area contributed by atoms with Crippen molar-refractivity contribution in [2.45, 2.75) is 18.9 Å². The van der Waals surface area contributed by atoms with E-state index in [1.54, 1.807) is 30.3 Å². The second kappa shape index (κ2) is 5.47. The Morgan fingerprint density at radius 2 is 1.90 bits per heavy atom. The second-order valence-corrected chi connectivity index (χ2v) is 5.47. The van der Waals surface area contributed by atoms with Gasteiger partial charge in [-0.3, -0.25) is 4.79 Å². The van der Waals surface area contributed by atoms with Crippen LogP contribution < -0.4 is 5.32 Å². The summed E-state index contributed by atoms with van der Waals surface area (Å²) in [6.07, 6.45) is -0.151. The monoisotopic (exact) mass is 305 g/mol. The number of carbonyl (C=O) groups excluding carboxylic acids is 1. The molecule has 0 saturated carbocycles. The van der Waals surface area contributed by atoms with E-state index in [0.717, 1.165) is 5.56 Å². The molecule has 0 saturated heterocycles. The first-order valence-electron chi connectivity index (χ1n) is 6.60. The third kappa shape index (κ3) is 2.77. The number of benzene rings is 2. The Labute approximate surface area is 126 Å². The normalized spacial score (nSPS) is 15.3. The molecule has 0 spiro atoms. The number of aliphatic hydroxyl groups excluding tert-OH is 1. The lowest BCUT2D eigenvalue weighted by atomic mass is 9.95.